The number of aromatic nitrogens is 1. The molecule has 1 aliphatic rings. The lowest BCUT2D eigenvalue weighted by Crippen LogP contribution is -2.22. The van der Waals surface area contributed by atoms with Crippen molar-refractivity contribution in [1.82, 2.24) is 4.98 Å². The van der Waals surface area contributed by atoms with Crippen molar-refractivity contribution in [2.75, 3.05) is 30.4 Å². The summed E-state index contributed by atoms with van der Waals surface area (Å²) < 4.78 is 10.3. The average Bonchev–Trinajstić information content (AvgIpc) is 3.34. The topological polar surface area (TPSA) is 107 Å². The number of thiophene rings is 1. The van der Waals surface area contributed by atoms with Crippen molar-refractivity contribution >= 4 is 50.7 Å². The highest BCUT2D eigenvalue weighted by Crippen LogP contribution is 2.40. The quantitative estimate of drug-likeness (QED) is 0.429. The highest BCUT2D eigenvalue weighted by molar-refractivity contribution is 7.17. The van der Waals surface area contributed by atoms with Gasteiger partial charge in [0.05, 0.1) is 12.2 Å². The molecule has 1 amide bonds. The highest BCUT2D eigenvalue weighted by Gasteiger charge is 2.29. The number of hydrogen-bond donors (Lipinski definition) is 2. The third-order valence-electron chi connectivity index (χ3n) is 4.69. The molecule has 2 N–H and O–H groups in total. The Labute approximate surface area is 188 Å². The zero-order valence-corrected chi connectivity index (χ0v) is 19.1. The molecule has 3 rings (SSSR count). The Balaban J connectivity index is 1.64. The Bertz CT molecular complexity index is 982. The van der Waals surface area contributed by atoms with Crippen molar-refractivity contribution in [1.29, 1.82) is 0 Å². The van der Waals surface area contributed by atoms with Gasteiger partial charge in [0.2, 0.25) is 0 Å². The molecule has 1 atom stereocenters. The van der Waals surface area contributed by atoms with E-state index >= 15 is 0 Å². The third kappa shape index (κ3) is 5.71. The fourth-order valence-corrected chi connectivity index (χ4v) is 5.34. The normalized spacial score (nSPS) is 15.0. The average molecular weight is 464 g/mol. The maximum absolute atomic E-state index is 12.5. The van der Waals surface area contributed by atoms with Crippen LogP contribution in [0, 0.1) is 5.92 Å². The molecule has 0 aromatic carbocycles. The molecule has 1 aliphatic carbocycles. The summed E-state index contributed by atoms with van der Waals surface area (Å²) in [4.78, 5) is 42.3. The molecule has 2 aromatic rings. The van der Waals surface area contributed by atoms with E-state index in [2.05, 4.69) is 29.1 Å². The van der Waals surface area contributed by atoms with E-state index in [4.69, 9.17) is 9.47 Å². The summed E-state index contributed by atoms with van der Waals surface area (Å²) in [5, 5.41) is 8.27. The Kier molecular flexibility index (Phi) is 7.80. The molecule has 2 heterocycles. The molecule has 0 saturated heterocycles. The van der Waals surface area contributed by atoms with Crippen LogP contribution < -0.4 is 10.6 Å². The minimum Gasteiger partial charge on any atom is -0.462 e. The third-order valence-corrected chi connectivity index (χ3v) is 6.66. The number of hydrogen-bond acceptors (Lipinski definition) is 9. The number of esters is 2. The largest absolute Gasteiger partial charge is 0.462 e. The van der Waals surface area contributed by atoms with E-state index in [1.54, 1.807) is 18.4 Å². The molecule has 31 heavy (non-hydrogen) atoms. The number of carbonyl (C=O) groups excluding carboxylic acids is 3. The molecule has 1 unspecified atom stereocenters. The molecular formula is C21H25N3O5S2. The predicted octanol–water partition coefficient (Wildman–Crippen LogP) is 3.90. The van der Waals surface area contributed by atoms with Crippen molar-refractivity contribution in [3.05, 3.63) is 39.7 Å². The van der Waals surface area contributed by atoms with Crippen LogP contribution in [0.2, 0.25) is 0 Å². The first-order valence-corrected chi connectivity index (χ1v) is 11.7. The number of nitrogens with one attached hydrogen (secondary N) is 2. The summed E-state index contributed by atoms with van der Waals surface area (Å²) in [6, 6.07) is 0. The van der Waals surface area contributed by atoms with E-state index in [0.29, 0.717) is 28.2 Å². The van der Waals surface area contributed by atoms with E-state index in [1.807, 2.05) is 0 Å². The van der Waals surface area contributed by atoms with Crippen LogP contribution in [0.5, 0.6) is 0 Å². The number of anilines is 2. The Morgan fingerprint density at radius 1 is 1.32 bits per heavy atom. The van der Waals surface area contributed by atoms with Crippen LogP contribution >= 0.6 is 22.7 Å². The number of rotatable bonds is 9. The Hall–Kier alpha value is -2.72. The first kappa shape index (κ1) is 23.0. The van der Waals surface area contributed by atoms with Crippen LogP contribution in [0.4, 0.5) is 10.1 Å². The lowest BCUT2D eigenvalue weighted by atomic mass is 9.88. The second kappa shape index (κ2) is 10.5. The Morgan fingerprint density at radius 2 is 2.13 bits per heavy atom. The number of carbonyl (C=O) groups is 3. The summed E-state index contributed by atoms with van der Waals surface area (Å²) in [6.07, 6.45) is 4.30. The highest BCUT2D eigenvalue weighted by atomic mass is 32.1. The van der Waals surface area contributed by atoms with Crippen molar-refractivity contribution in [2.45, 2.75) is 33.1 Å². The second-order valence-corrected chi connectivity index (χ2v) is 9.07. The van der Waals surface area contributed by atoms with Crippen LogP contribution in [0.25, 0.3) is 0 Å². The van der Waals surface area contributed by atoms with Gasteiger partial charge in [-0.2, -0.15) is 0 Å². The van der Waals surface area contributed by atoms with Gasteiger partial charge in [-0.15, -0.1) is 29.3 Å². The van der Waals surface area contributed by atoms with Gasteiger partial charge in [0, 0.05) is 16.8 Å². The lowest BCUT2D eigenvalue weighted by molar-refractivity contribution is -0.119. The van der Waals surface area contributed by atoms with E-state index < -0.39 is 24.5 Å². The minimum absolute atomic E-state index is 0.122. The van der Waals surface area contributed by atoms with Gasteiger partial charge < -0.3 is 20.1 Å². The molecule has 0 spiro atoms. The standard InChI is InChI=1S/C21H25N3O5S2/c1-4-8-22-21-23-14(11-30-21)19(26)29-10-16(25)24-18-17(20(27)28-5-2)13-7-6-12(3)9-15(13)31-18/h4,11-12H,1,5-10H2,2-3H3,(H,22,23)(H,24,25). The van der Waals surface area contributed by atoms with Gasteiger partial charge in [-0.1, -0.05) is 13.0 Å². The van der Waals surface area contributed by atoms with E-state index in [-0.39, 0.29) is 12.3 Å². The molecule has 10 heteroatoms. The van der Waals surface area contributed by atoms with Gasteiger partial charge in [0.25, 0.3) is 5.91 Å². The first-order chi connectivity index (χ1) is 14.9. The zero-order valence-electron chi connectivity index (χ0n) is 17.5. The lowest BCUT2D eigenvalue weighted by Gasteiger charge is -2.18. The summed E-state index contributed by atoms with van der Waals surface area (Å²) in [5.74, 6) is -1.13. The van der Waals surface area contributed by atoms with Crippen LogP contribution in [-0.2, 0) is 27.1 Å². The number of nitrogens with zero attached hydrogens (tertiary/aromatic N) is 1. The minimum atomic E-state index is -0.692. The van der Waals surface area contributed by atoms with Gasteiger partial charge in [-0.3, -0.25) is 4.79 Å². The fraction of sp³-hybridized carbons (Fsp3) is 0.429. The second-order valence-electron chi connectivity index (χ2n) is 7.11. The van der Waals surface area contributed by atoms with E-state index in [9.17, 15) is 14.4 Å². The molecule has 166 valence electrons. The summed E-state index contributed by atoms with van der Waals surface area (Å²) >= 11 is 2.65. The van der Waals surface area contributed by atoms with Crippen molar-refractivity contribution < 1.29 is 23.9 Å². The molecule has 0 fully saturated rings. The van der Waals surface area contributed by atoms with E-state index in [0.717, 1.165) is 29.7 Å². The molecular weight excluding hydrogens is 438 g/mol. The maximum Gasteiger partial charge on any atom is 0.358 e. The number of thiazole rings is 1. The fourth-order valence-electron chi connectivity index (χ4n) is 3.23. The number of fused-ring (bicyclic) bond motifs is 1. The van der Waals surface area contributed by atoms with E-state index in [1.165, 1.54) is 22.7 Å². The van der Waals surface area contributed by atoms with Crippen LogP contribution in [0.15, 0.2) is 18.0 Å². The summed E-state index contributed by atoms with van der Waals surface area (Å²) in [5.41, 5.74) is 1.50. The van der Waals surface area contributed by atoms with Gasteiger partial charge in [0.1, 0.15) is 5.00 Å². The molecule has 0 radical (unpaired) electrons. The maximum atomic E-state index is 12.5. The van der Waals surface area contributed by atoms with Crippen LogP contribution in [0.1, 0.15) is 51.6 Å². The van der Waals surface area contributed by atoms with Crippen molar-refractivity contribution in [2.24, 2.45) is 5.92 Å². The number of amides is 1. The van der Waals surface area contributed by atoms with Gasteiger partial charge in [-0.05, 0) is 37.7 Å². The Morgan fingerprint density at radius 3 is 2.87 bits per heavy atom. The molecule has 0 saturated carbocycles. The smallest absolute Gasteiger partial charge is 0.358 e. The van der Waals surface area contributed by atoms with Gasteiger partial charge in [0.15, 0.2) is 17.4 Å². The molecule has 0 aliphatic heterocycles. The molecule has 2 aromatic heterocycles. The van der Waals surface area contributed by atoms with Crippen LogP contribution in [0.3, 0.4) is 0 Å². The summed E-state index contributed by atoms with van der Waals surface area (Å²) in [6.45, 7) is 7.81. The predicted molar refractivity (Wildman–Crippen MR) is 121 cm³/mol. The number of ether oxygens (including phenoxy) is 2. The van der Waals surface area contributed by atoms with Crippen LogP contribution in [-0.4, -0.2) is 42.6 Å². The molecule has 8 nitrogen and oxygen atoms in total. The van der Waals surface area contributed by atoms with Gasteiger partial charge >= 0.3 is 11.9 Å². The first-order valence-electron chi connectivity index (χ1n) is 10.0. The van der Waals surface area contributed by atoms with Gasteiger partial charge in [-0.25, -0.2) is 14.6 Å². The SMILES string of the molecule is C=CCNc1nc(C(=O)OCC(=O)Nc2sc3c(c2C(=O)OCC)CCC(C)C3)cs1. The van der Waals surface area contributed by atoms with Crippen molar-refractivity contribution in [3.63, 3.8) is 0 Å². The van der Waals surface area contributed by atoms with Crippen molar-refractivity contribution in [3.8, 4) is 0 Å². The summed E-state index contributed by atoms with van der Waals surface area (Å²) in [7, 11) is 0. The monoisotopic (exact) mass is 463 g/mol. The zero-order chi connectivity index (χ0) is 22.4. The molecule has 0 bridgehead atoms.